The lowest BCUT2D eigenvalue weighted by Crippen LogP contribution is -2.40. The molecule has 0 aliphatic carbocycles. The van der Waals surface area contributed by atoms with Crippen LogP contribution in [0.5, 0.6) is 11.5 Å². The third kappa shape index (κ3) is 3.55. The summed E-state index contributed by atoms with van der Waals surface area (Å²) >= 11 is 0. The molecule has 0 bridgehead atoms. The van der Waals surface area contributed by atoms with E-state index in [2.05, 4.69) is 18.7 Å². The second-order valence-electron chi connectivity index (χ2n) is 8.45. The summed E-state index contributed by atoms with van der Waals surface area (Å²) in [7, 11) is 4.91. The lowest BCUT2D eigenvalue weighted by atomic mass is 10.1. The molecule has 1 atom stereocenters. The number of methoxy groups -OCH3 is 2. The van der Waals surface area contributed by atoms with Gasteiger partial charge >= 0.3 is 5.69 Å². The number of rotatable bonds is 7. The van der Waals surface area contributed by atoms with Gasteiger partial charge in [0, 0.05) is 32.7 Å². The molecule has 0 fully saturated rings. The first kappa shape index (κ1) is 22.0. The van der Waals surface area contributed by atoms with Crippen molar-refractivity contribution in [1.29, 1.82) is 0 Å². The third-order valence-electron chi connectivity index (χ3n) is 6.11. The van der Waals surface area contributed by atoms with Gasteiger partial charge in [-0.1, -0.05) is 26.7 Å². The molecule has 172 valence electrons. The van der Waals surface area contributed by atoms with E-state index in [-0.39, 0.29) is 17.2 Å². The Morgan fingerprint density at radius 1 is 1.12 bits per heavy atom. The van der Waals surface area contributed by atoms with Crippen molar-refractivity contribution in [3.05, 3.63) is 39.0 Å². The molecule has 2 aromatic heterocycles. The molecule has 3 aromatic rings. The second-order valence-corrected chi connectivity index (χ2v) is 8.45. The van der Waals surface area contributed by atoms with Gasteiger partial charge in [0.2, 0.25) is 5.95 Å². The number of unbranched alkanes of at least 4 members (excludes halogenated alkanes) is 2. The van der Waals surface area contributed by atoms with Crippen LogP contribution in [0.3, 0.4) is 0 Å². The van der Waals surface area contributed by atoms with Gasteiger partial charge in [0.05, 0.1) is 19.9 Å². The van der Waals surface area contributed by atoms with Crippen LogP contribution in [-0.4, -0.2) is 39.4 Å². The minimum absolute atomic E-state index is 0.261. The van der Waals surface area contributed by atoms with Crippen molar-refractivity contribution in [2.45, 2.75) is 46.2 Å². The fourth-order valence-corrected chi connectivity index (χ4v) is 4.43. The van der Waals surface area contributed by atoms with Gasteiger partial charge in [-0.05, 0) is 24.5 Å². The van der Waals surface area contributed by atoms with Crippen LogP contribution < -0.4 is 25.6 Å². The Kier molecular flexibility index (Phi) is 5.99. The molecule has 3 heterocycles. The molecule has 9 heteroatoms. The highest BCUT2D eigenvalue weighted by molar-refractivity contribution is 5.78. The molecule has 1 aliphatic heterocycles. The molecule has 0 unspecified atom stereocenters. The number of hydrogen-bond donors (Lipinski definition) is 0. The van der Waals surface area contributed by atoms with Gasteiger partial charge < -0.3 is 18.9 Å². The number of aryl methyl sites for hydroxylation is 1. The maximum Gasteiger partial charge on any atom is 0.332 e. The minimum atomic E-state index is -0.323. The maximum atomic E-state index is 13.4. The van der Waals surface area contributed by atoms with Gasteiger partial charge in [-0.3, -0.25) is 13.9 Å². The van der Waals surface area contributed by atoms with Crippen LogP contribution in [0.4, 0.5) is 11.6 Å². The normalized spacial score (nSPS) is 15.8. The van der Waals surface area contributed by atoms with Crippen molar-refractivity contribution in [3.8, 4) is 11.5 Å². The van der Waals surface area contributed by atoms with Crippen LogP contribution in [0.25, 0.3) is 11.2 Å². The van der Waals surface area contributed by atoms with E-state index in [0.29, 0.717) is 48.2 Å². The number of hydrogen-bond acceptors (Lipinski definition) is 6. The topological polar surface area (TPSA) is 83.5 Å². The molecular formula is C23H31N5O4. The first-order valence-electron chi connectivity index (χ1n) is 11.1. The molecule has 0 saturated carbocycles. The third-order valence-corrected chi connectivity index (χ3v) is 6.11. The van der Waals surface area contributed by atoms with Crippen LogP contribution in [-0.2, 0) is 20.1 Å². The molecule has 0 N–H and O–H groups in total. The largest absolute Gasteiger partial charge is 0.497 e. The summed E-state index contributed by atoms with van der Waals surface area (Å²) in [6, 6.07) is 5.64. The molecular weight excluding hydrogens is 410 g/mol. The highest BCUT2D eigenvalue weighted by atomic mass is 16.5. The number of ether oxygens (including phenoxy) is 2. The van der Waals surface area contributed by atoms with Crippen molar-refractivity contribution in [2.75, 3.05) is 25.7 Å². The van der Waals surface area contributed by atoms with Crippen molar-refractivity contribution in [1.82, 2.24) is 18.7 Å². The molecule has 9 nitrogen and oxygen atoms in total. The Hall–Kier alpha value is -3.23. The summed E-state index contributed by atoms with van der Waals surface area (Å²) in [5, 5.41) is 0. The summed E-state index contributed by atoms with van der Waals surface area (Å²) in [6.07, 6.45) is 2.79. The number of aromatic nitrogens is 4. The minimum Gasteiger partial charge on any atom is -0.497 e. The van der Waals surface area contributed by atoms with Gasteiger partial charge in [-0.2, -0.15) is 4.98 Å². The van der Waals surface area contributed by atoms with Crippen LogP contribution in [0.2, 0.25) is 0 Å². The first-order chi connectivity index (χ1) is 15.4. The van der Waals surface area contributed by atoms with Crippen molar-refractivity contribution < 1.29 is 9.47 Å². The van der Waals surface area contributed by atoms with E-state index >= 15 is 0 Å². The lowest BCUT2D eigenvalue weighted by molar-refractivity contribution is 0.392. The average molecular weight is 442 g/mol. The number of benzene rings is 1. The van der Waals surface area contributed by atoms with Crippen molar-refractivity contribution in [2.24, 2.45) is 13.0 Å². The number of fused-ring (bicyclic) bond motifs is 3. The Labute approximate surface area is 186 Å². The van der Waals surface area contributed by atoms with Crippen LogP contribution in [0, 0.1) is 5.92 Å². The monoisotopic (exact) mass is 441 g/mol. The molecule has 32 heavy (non-hydrogen) atoms. The summed E-state index contributed by atoms with van der Waals surface area (Å²) in [4.78, 5) is 33.2. The van der Waals surface area contributed by atoms with E-state index in [1.807, 2.05) is 22.8 Å². The van der Waals surface area contributed by atoms with E-state index in [4.69, 9.17) is 14.5 Å². The van der Waals surface area contributed by atoms with Crippen LogP contribution >= 0.6 is 0 Å². The highest BCUT2D eigenvalue weighted by Crippen LogP contribution is 2.39. The van der Waals surface area contributed by atoms with Gasteiger partial charge in [-0.15, -0.1) is 0 Å². The molecule has 0 radical (unpaired) electrons. The number of imidazole rings is 1. The zero-order valence-corrected chi connectivity index (χ0v) is 19.4. The van der Waals surface area contributed by atoms with E-state index in [1.54, 1.807) is 21.3 Å². The summed E-state index contributed by atoms with van der Waals surface area (Å²) in [5.74, 6) is 2.25. The zero-order chi connectivity index (χ0) is 23.0. The van der Waals surface area contributed by atoms with E-state index < -0.39 is 0 Å². The summed E-state index contributed by atoms with van der Waals surface area (Å²) < 4.78 is 15.8. The number of nitrogens with zero attached hydrogens (tertiary/aromatic N) is 5. The highest BCUT2D eigenvalue weighted by Gasteiger charge is 2.31. The Morgan fingerprint density at radius 3 is 2.59 bits per heavy atom. The van der Waals surface area contributed by atoms with Crippen molar-refractivity contribution in [3.63, 3.8) is 0 Å². The SMILES string of the molecule is CCCCCn1c(=O)c2c(nc3n2C[C@H](C)CN3c2ccc(OC)cc2OC)n(C)c1=O. The quantitative estimate of drug-likeness (QED) is 0.524. The van der Waals surface area contributed by atoms with E-state index in [1.165, 1.54) is 9.13 Å². The van der Waals surface area contributed by atoms with Gasteiger partial charge in [0.15, 0.2) is 11.2 Å². The van der Waals surface area contributed by atoms with Crippen molar-refractivity contribution >= 4 is 22.8 Å². The summed E-state index contributed by atoms with van der Waals surface area (Å²) in [6.45, 7) is 6.02. The fraction of sp³-hybridized carbons (Fsp3) is 0.522. The smallest absolute Gasteiger partial charge is 0.332 e. The van der Waals surface area contributed by atoms with Gasteiger partial charge in [0.25, 0.3) is 5.56 Å². The van der Waals surface area contributed by atoms with Crippen LogP contribution in [0.15, 0.2) is 27.8 Å². The fourth-order valence-electron chi connectivity index (χ4n) is 4.43. The van der Waals surface area contributed by atoms with E-state index in [9.17, 15) is 9.59 Å². The van der Waals surface area contributed by atoms with Gasteiger partial charge in [-0.25, -0.2) is 4.79 Å². The Balaban J connectivity index is 1.92. The predicted molar refractivity (Wildman–Crippen MR) is 124 cm³/mol. The Bertz CT molecular complexity index is 1260. The van der Waals surface area contributed by atoms with E-state index in [0.717, 1.165) is 24.9 Å². The average Bonchev–Trinajstić information content (AvgIpc) is 3.18. The van der Waals surface area contributed by atoms with Crippen LogP contribution in [0.1, 0.15) is 33.1 Å². The second kappa shape index (κ2) is 8.72. The standard InChI is InChI=1S/C23H31N5O4/c1-6-7-8-11-26-21(29)19-20(25(3)23(26)30)24-22-27(13-15(2)14-28(19)22)17-10-9-16(31-4)12-18(17)32-5/h9-10,12,15H,6-8,11,13-14H2,1-5H3/t15-/m1/s1. The molecule has 0 spiro atoms. The zero-order valence-electron chi connectivity index (χ0n) is 19.4. The molecule has 4 rings (SSSR count). The first-order valence-corrected chi connectivity index (χ1v) is 11.1. The maximum absolute atomic E-state index is 13.4. The molecule has 0 saturated heterocycles. The predicted octanol–water partition coefficient (Wildman–Crippen LogP) is 2.89. The molecule has 0 amide bonds. The molecule has 1 aliphatic rings. The Morgan fingerprint density at radius 2 is 1.91 bits per heavy atom. The number of anilines is 2. The lowest BCUT2D eigenvalue weighted by Gasteiger charge is -2.33. The molecule has 1 aromatic carbocycles. The summed E-state index contributed by atoms with van der Waals surface area (Å²) in [5.41, 5.74) is 1.13. The van der Waals surface area contributed by atoms with Gasteiger partial charge in [0.1, 0.15) is 11.5 Å².